The molecular formula is C25H27N5O3S2. The second-order valence-corrected chi connectivity index (χ2v) is 10.5. The van der Waals surface area contributed by atoms with E-state index in [9.17, 15) is 18.5 Å². The zero-order valence-corrected chi connectivity index (χ0v) is 21.1. The largest absolute Gasteiger partial charge is 0.372 e. The predicted octanol–water partition coefficient (Wildman–Crippen LogP) is 3.95. The van der Waals surface area contributed by atoms with Crippen LogP contribution in [-0.2, 0) is 17.2 Å². The van der Waals surface area contributed by atoms with Crippen molar-refractivity contribution in [2.45, 2.75) is 32.7 Å². The van der Waals surface area contributed by atoms with Gasteiger partial charge in [-0.1, -0.05) is 12.1 Å². The van der Waals surface area contributed by atoms with Crippen molar-refractivity contribution in [2.75, 3.05) is 28.8 Å². The van der Waals surface area contributed by atoms with Crippen molar-refractivity contribution in [3.63, 3.8) is 0 Å². The van der Waals surface area contributed by atoms with Crippen molar-refractivity contribution in [3.05, 3.63) is 70.2 Å². The van der Waals surface area contributed by atoms with Gasteiger partial charge in [0.1, 0.15) is 11.6 Å². The van der Waals surface area contributed by atoms with Crippen LogP contribution in [0.1, 0.15) is 45.8 Å². The average Bonchev–Trinajstić information content (AvgIpc) is 3.28. The van der Waals surface area contributed by atoms with E-state index in [1.54, 1.807) is 19.1 Å². The first kappa shape index (κ1) is 24.7. The average molecular weight is 510 g/mol. The van der Waals surface area contributed by atoms with Crippen molar-refractivity contribution in [2.24, 2.45) is 0 Å². The third kappa shape index (κ3) is 6.18. The molecule has 3 aromatic rings. The van der Waals surface area contributed by atoms with Crippen LogP contribution in [0.25, 0.3) is 0 Å². The molecule has 8 nitrogen and oxygen atoms in total. The molecular weight excluding hydrogens is 482 g/mol. The Bertz CT molecular complexity index is 1300. The normalized spacial score (nSPS) is 13.5. The number of nitrogens with one attached hydrogen (secondary N) is 1. The van der Waals surface area contributed by atoms with Crippen molar-refractivity contribution in [1.82, 2.24) is 10.3 Å². The van der Waals surface area contributed by atoms with E-state index in [1.807, 2.05) is 17.0 Å². The maximum Gasteiger partial charge on any atom is 0.271 e. The molecule has 182 valence electrons. The van der Waals surface area contributed by atoms with Gasteiger partial charge >= 0.3 is 0 Å². The monoisotopic (exact) mass is 509 g/mol. The maximum atomic E-state index is 12.5. The summed E-state index contributed by atoms with van der Waals surface area (Å²) in [4.78, 5) is 22.2. The minimum Gasteiger partial charge on any atom is -0.372 e. The molecule has 0 aliphatic carbocycles. The molecule has 1 N–H and O–H groups in total. The summed E-state index contributed by atoms with van der Waals surface area (Å²) in [6.07, 6.45) is 3.67. The fraction of sp³-hybridized carbons (Fsp3) is 0.320. The van der Waals surface area contributed by atoms with E-state index < -0.39 is 22.5 Å². The standard InChI is InChI=1S/C25H27N5O3S2/c1-18-23(24(31)27-17-35(32)33)28-25(34-18)30(21-10-8-19(15-26)9-11-21)16-20-6-5-7-22(14-20)29-12-3-2-4-13-29/h5-11,14,35H,2-4,12-13,16-17H2,1H3,(H,27,31). The number of thiazole rings is 1. The topological polar surface area (TPSA) is 106 Å². The molecule has 1 aliphatic rings. The molecule has 35 heavy (non-hydrogen) atoms. The molecule has 10 heteroatoms. The molecule has 0 atom stereocenters. The molecule has 2 aromatic carbocycles. The lowest BCUT2D eigenvalue weighted by molar-refractivity contribution is 0.0955. The molecule has 0 bridgehead atoms. The molecule has 0 spiro atoms. The van der Waals surface area contributed by atoms with Gasteiger partial charge in [-0.05, 0) is 68.1 Å². The lowest BCUT2D eigenvalue weighted by atomic mass is 10.1. The van der Waals surface area contributed by atoms with E-state index in [0.717, 1.165) is 24.3 Å². The number of aromatic nitrogens is 1. The number of piperidine rings is 1. The predicted molar refractivity (Wildman–Crippen MR) is 139 cm³/mol. The highest BCUT2D eigenvalue weighted by Gasteiger charge is 2.21. The molecule has 1 aliphatic heterocycles. The van der Waals surface area contributed by atoms with Gasteiger partial charge in [-0.3, -0.25) is 4.79 Å². The lowest BCUT2D eigenvalue weighted by Crippen LogP contribution is -2.29. The van der Waals surface area contributed by atoms with Crippen molar-refractivity contribution in [3.8, 4) is 6.07 Å². The fourth-order valence-electron chi connectivity index (χ4n) is 4.10. The summed E-state index contributed by atoms with van der Waals surface area (Å²) in [5.74, 6) is -0.945. The first-order valence-electron chi connectivity index (χ1n) is 11.4. The van der Waals surface area contributed by atoms with Crippen molar-refractivity contribution >= 4 is 44.5 Å². The smallest absolute Gasteiger partial charge is 0.271 e. The van der Waals surface area contributed by atoms with Gasteiger partial charge in [-0.2, -0.15) is 5.26 Å². The minimum absolute atomic E-state index is 0.211. The molecule has 1 fully saturated rings. The lowest BCUT2D eigenvalue weighted by Gasteiger charge is -2.29. The number of aryl methyl sites for hydroxylation is 1. The van der Waals surface area contributed by atoms with Gasteiger partial charge in [0.25, 0.3) is 5.91 Å². The highest BCUT2D eigenvalue weighted by atomic mass is 32.2. The summed E-state index contributed by atoms with van der Waals surface area (Å²) >= 11 is 1.37. The third-order valence-corrected chi connectivity index (χ3v) is 7.29. The van der Waals surface area contributed by atoms with Gasteiger partial charge in [0.05, 0.1) is 18.2 Å². The molecule has 0 saturated carbocycles. The van der Waals surface area contributed by atoms with Gasteiger partial charge in [0.2, 0.25) is 0 Å². The van der Waals surface area contributed by atoms with E-state index in [4.69, 9.17) is 0 Å². The van der Waals surface area contributed by atoms with Gasteiger partial charge < -0.3 is 15.1 Å². The van der Waals surface area contributed by atoms with Gasteiger partial charge in [0.15, 0.2) is 15.8 Å². The summed E-state index contributed by atoms with van der Waals surface area (Å²) in [5.41, 5.74) is 3.91. The van der Waals surface area contributed by atoms with Crippen molar-refractivity contribution < 1.29 is 13.2 Å². The molecule has 0 unspecified atom stereocenters. The first-order valence-corrected chi connectivity index (χ1v) is 13.6. The number of nitriles is 1. The summed E-state index contributed by atoms with van der Waals surface area (Å²) in [5, 5.41) is 12.2. The SMILES string of the molecule is Cc1sc(N(Cc2cccc(N3CCCCC3)c2)c2ccc(C#N)cc2)nc1C(=O)NC[SH](=O)=O. The molecule has 4 rings (SSSR count). The molecule has 1 saturated heterocycles. The number of anilines is 3. The maximum absolute atomic E-state index is 12.5. The van der Waals surface area contributed by atoms with Crippen LogP contribution < -0.4 is 15.1 Å². The van der Waals surface area contributed by atoms with Crippen LogP contribution in [0.15, 0.2) is 48.5 Å². The van der Waals surface area contributed by atoms with Crippen LogP contribution in [0.3, 0.4) is 0 Å². The van der Waals surface area contributed by atoms with Crippen LogP contribution in [0, 0.1) is 18.3 Å². The molecule has 0 radical (unpaired) electrons. The second-order valence-electron chi connectivity index (χ2n) is 8.36. The zero-order valence-electron chi connectivity index (χ0n) is 19.4. The van der Waals surface area contributed by atoms with Crippen LogP contribution in [0.4, 0.5) is 16.5 Å². The number of thiol groups is 1. The van der Waals surface area contributed by atoms with Crippen LogP contribution in [0.2, 0.25) is 0 Å². The van der Waals surface area contributed by atoms with Crippen LogP contribution >= 0.6 is 11.3 Å². The second kappa shape index (κ2) is 11.3. The Labute approximate surface area is 210 Å². The Hall–Kier alpha value is -3.42. The number of hydrogen-bond donors (Lipinski definition) is 2. The summed E-state index contributed by atoms with van der Waals surface area (Å²) in [6, 6.07) is 17.8. The number of benzene rings is 2. The van der Waals surface area contributed by atoms with E-state index >= 15 is 0 Å². The van der Waals surface area contributed by atoms with E-state index in [-0.39, 0.29) is 5.69 Å². The Balaban J connectivity index is 1.66. The number of hydrogen-bond acceptors (Lipinski definition) is 8. The van der Waals surface area contributed by atoms with Gasteiger partial charge in [-0.15, -0.1) is 11.3 Å². The molecule has 1 aromatic heterocycles. The summed E-state index contributed by atoms with van der Waals surface area (Å²) < 4.78 is 21.8. The van der Waals surface area contributed by atoms with Gasteiger partial charge in [-0.25, -0.2) is 13.4 Å². The fourth-order valence-corrected chi connectivity index (χ4v) is 5.30. The zero-order chi connectivity index (χ0) is 24.8. The van der Waals surface area contributed by atoms with E-state index in [1.165, 1.54) is 36.3 Å². The first-order chi connectivity index (χ1) is 16.9. The van der Waals surface area contributed by atoms with Crippen LogP contribution in [-0.4, -0.2) is 38.3 Å². The number of amides is 1. The van der Waals surface area contributed by atoms with E-state index in [2.05, 4.69) is 45.5 Å². The summed E-state index contributed by atoms with van der Waals surface area (Å²) in [6.45, 7) is 4.43. The Morgan fingerprint density at radius 3 is 2.60 bits per heavy atom. The highest BCUT2D eigenvalue weighted by molar-refractivity contribution is 7.72. The Kier molecular flexibility index (Phi) is 8.00. The molecule has 2 heterocycles. The van der Waals surface area contributed by atoms with Gasteiger partial charge in [0, 0.05) is 29.3 Å². The third-order valence-electron chi connectivity index (χ3n) is 5.88. The quantitative estimate of drug-likeness (QED) is 0.443. The Morgan fingerprint density at radius 2 is 1.91 bits per heavy atom. The van der Waals surface area contributed by atoms with E-state index in [0.29, 0.717) is 22.1 Å². The minimum atomic E-state index is -2.72. The number of carbonyl (C=O) groups excluding carboxylic acids is 1. The van der Waals surface area contributed by atoms with Crippen LogP contribution in [0.5, 0.6) is 0 Å². The number of carbonyl (C=O) groups is 1. The number of rotatable bonds is 8. The Morgan fingerprint density at radius 1 is 1.17 bits per heavy atom. The highest BCUT2D eigenvalue weighted by Crippen LogP contribution is 2.34. The number of nitrogens with zero attached hydrogens (tertiary/aromatic N) is 4. The van der Waals surface area contributed by atoms with Crippen molar-refractivity contribution in [1.29, 1.82) is 5.26 Å². The summed E-state index contributed by atoms with van der Waals surface area (Å²) in [7, 11) is -2.72. The molecule has 1 amide bonds.